The van der Waals surface area contributed by atoms with Crippen LogP contribution in [0.2, 0.25) is 0 Å². The number of hydrogen-bond acceptors (Lipinski definition) is 3. The maximum atomic E-state index is 6.00. The Hall–Kier alpha value is -2.14. The topological polar surface area (TPSA) is 88.2 Å². The highest BCUT2D eigenvalue weighted by Crippen LogP contribution is 2.31. The molecule has 0 spiro atoms. The van der Waals surface area contributed by atoms with Gasteiger partial charge in [0.2, 0.25) is 0 Å². The average Bonchev–Trinajstić information content (AvgIpc) is 2.89. The van der Waals surface area contributed by atoms with Gasteiger partial charge < -0.3 is 15.8 Å². The Morgan fingerprint density at radius 2 is 2.00 bits per heavy atom. The maximum absolute atomic E-state index is 6.00. The number of nitrogen functional groups attached to an aromatic ring is 1. The first-order valence-electron chi connectivity index (χ1n) is 5.88. The molecule has 92 valence electrons. The molecule has 1 aromatic carbocycles. The summed E-state index contributed by atoms with van der Waals surface area (Å²) in [6.07, 6.45) is 2.22. The van der Waals surface area contributed by atoms with Crippen molar-refractivity contribution in [1.82, 2.24) is 14.5 Å². The van der Waals surface area contributed by atoms with Gasteiger partial charge in [0.25, 0.3) is 0 Å². The van der Waals surface area contributed by atoms with Gasteiger partial charge in [-0.3, -0.25) is 0 Å². The van der Waals surface area contributed by atoms with E-state index in [1.165, 1.54) is 6.42 Å². The number of nitrogens with zero attached hydrogens (tertiary/aromatic N) is 3. The minimum atomic E-state index is 0. The third-order valence-electron chi connectivity index (χ3n) is 3.47. The predicted molar refractivity (Wildman–Crippen MR) is 71.4 cm³/mol. The van der Waals surface area contributed by atoms with Crippen LogP contribution in [0.1, 0.15) is 12.2 Å². The number of fused-ring (bicyclic) bond motifs is 5. The number of imidazole rings is 1. The SMILES string of the molecule is Nc1nc2ccccc2c2c1nc1n2CCC1.O. The first-order chi connectivity index (χ1) is 8.34. The lowest BCUT2D eigenvalue weighted by Gasteiger charge is -2.04. The Balaban J connectivity index is 0.000001000. The van der Waals surface area contributed by atoms with E-state index in [1.54, 1.807) is 0 Å². The Morgan fingerprint density at radius 1 is 1.17 bits per heavy atom. The van der Waals surface area contributed by atoms with E-state index in [2.05, 4.69) is 20.6 Å². The Labute approximate surface area is 104 Å². The lowest BCUT2D eigenvalue weighted by molar-refractivity contribution is 0.773. The Kier molecular flexibility index (Phi) is 2.24. The summed E-state index contributed by atoms with van der Waals surface area (Å²) in [5.74, 6) is 1.69. The van der Waals surface area contributed by atoms with Crippen LogP contribution in [0.5, 0.6) is 0 Å². The second kappa shape index (κ2) is 3.68. The standard InChI is InChI=1S/C13H12N4.H2O/c14-13-11-12(17-7-3-6-10(17)16-11)8-4-1-2-5-9(8)15-13;/h1-2,4-5H,3,6-7H2,(H2,14,15);1H2. The van der Waals surface area contributed by atoms with Crippen LogP contribution < -0.4 is 5.73 Å². The fraction of sp³-hybridized carbons (Fsp3) is 0.231. The van der Waals surface area contributed by atoms with Gasteiger partial charge in [0.1, 0.15) is 11.3 Å². The molecule has 0 saturated carbocycles. The summed E-state index contributed by atoms with van der Waals surface area (Å²) in [4.78, 5) is 9.04. The molecule has 5 heteroatoms. The molecule has 0 radical (unpaired) electrons. The van der Waals surface area contributed by atoms with Crippen LogP contribution in [0.15, 0.2) is 24.3 Å². The summed E-state index contributed by atoms with van der Waals surface area (Å²) in [5.41, 5.74) is 8.96. The molecule has 4 N–H and O–H groups in total. The summed E-state index contributed by atoms with van der Waals surface area (Å²) in [7, 11) is 0. The molecular weight excluding hydrogens is 228 g/mol. The second-order valence-electron chi connectivity index (χ2n) is 4.49. The van der Waals surface area contributed by atoms with Gasteiger partial charge in [-0.05, 0) is 12.5 Å². The number of nitrogens with two attached hydrogens (primary N) is 1. The van der Waals surface area contributed by atoms with Gasteiger partial charge in [-0.2, -0.15) is 0 Å². The van der Waals surface area contributed by atoms with E-state index in [0.29, 0.717) is 5.82 Å². The molecule has 1 aliphatic rings. The van der Waals surface area contributed by atoms with Crippen molar-refractivity contribution in [2.24, 2.45) is 0 Å². The highest BCUT2D eigenvalue weighted by molar-refractivity contribution is 6.06. The van der Waals surface area contributed by atoms with Crippen LogP contribution in [0.25, 0.3) is 21.9 Å². The second-order valence-corrected chi connectivity index (χ2v) is 4.49. The summed E-state index contributed by atoms with van der Waals surface area (Å²) >= 11 is 0. The predicted octanol–water partition coefficient (Wildman–Crippen LogP) is 1.29. The number of aromatic nitrogens is 3. The highest BCUT2D eigenvalue weighted by Gasteiger charge is 2.20. The third-order valence-corrected chi connectivity index (χ3v) is 3.47. The van der Waals surface area contributed by atoms with E-state index in [1.807, 2.05) is 18.2 Å². The van der Waals surface area contributed by atoms with Gasteiger partial charge in [-0.1, -0.05) is 18.2 Å². The van der Waals surface area contributed by atoms with Crippen molar-refractivity contribution in [1.29, 1.82) is 0 Å². The van der Waals surface area contributed by atoms with Crippen LogP contribution in [-0.4, -0.2) is 20.0 Å². The Morgan fingerprint density at radius 3 is 2.89 bits per heavy atom. The largest absolute Gasteiger partial charge is 0.412 e. The van der Waals surface area contributed by atoms with Gasteiger partial charge in [0, 0.05) is 18.4 Å². The van der Waals surface area contributed by atoms with Gasteiger partial charge in [-0.15, -0.1) is 0 Å². The monoisotopic (exact) mass is 242 g/mol. The smallest absolute Gasteiger partial charge is 0.152 e. The Bertz CT molecular complexity index is 747. The molecule has 0 saturated heterocycles. The number of rotatable bonds is 0. The lowest BCUT2D eigenvalue weighted by Crippen LogP contribution is -1.96. The minimum absolute atomic E-state index is 0. The fourth-order valence-corrected chi connectivity index (χ4v) is 2.73. The number of anilines is 1. The zero-order valence-electron chi connectivity index (χ0n) is 9.85. The molecular formula is C13H14N4O. The van der Waals surface area contributed by atoms with Crippen LogP contribution in [-0.2, 0) is 13.0 Å². The summed E-state index contributed by atoms with van der Waals surface area (Å²) in [6.45, 7) is 1.04. The summed E-state index contributed by atoms with van der Waals surface area (Å²) in [6, 6.07) is 8.12. The fourth-order valence-electron chi connectivity index (χ4n) is 2.73. The van der Waals surface area contributed by atoms with Crippen LogP contribution >= 0.6 is 0 Å². The molecule has 4 rings (SSSR count). The molecule has 2 aromatic heterocycles. The molecule has 3 heterocycles. The molecule has 0 bridgehead atoms. The van der Waals surface area contributed by atoms with Gasteiger partial charge in [0.15, 0.2) is 5.82 Å². The lowest BCUT2D eigenvalue weighted by atomic mass is 10.2. The van der Waals surface area contributed by atoms with Crippen molar-refractivity contribution >= 4 is 27.8 Å². The number of pyridine rings is 1. The van der Waals surface area contributed by atoms with E-state index in [-0.39, 0.29) is 5.48 Å². The van der Waals surface area contributed by atoms with Crippen molar-refractivity contribution in [3.63, 3.8) is 0 Å². The molecule has 1 aliphatic heterocycles. The molecule has 0 aliphatic carbocycles. The number of para-hydroxylation sites is 1. The number of benzene rings is 1. The molecule has 0 amide bonds. The van der Waals surface area contributed by atoms with Crippen molar-refractivity contribution in [3.05, 3.63) is 30.1 Å². The van der Waals surface area contributed by atoms with E-state index >= 15 is 0 Å². The molecule has 0 atom stereocenters. The summed E-state index contributed by atoms with van der Waals surface area (Å²) < 4.78 is 2.29. The van der Waals surface area contributed by atoms with Crippen LogP contribution in [0.3, 0.4) is 0 Å². The zero-order chi connectivity index (χ0) is 11.4. The first kappa shape index (κ1) is 11.0. The van der Waals surface area contributed by atoms with E-state index in [0.717, 1.165) is 40.7 Å². The van der Waals surface area contributed by atoms with Gasteiger partial charge >= 0.3 is 0 Å². The molecule has 0 fully saturated rings. The van der Waals surface area contributed by atoms with Crippen LogP contribution in [0, 0.1) is 0 Å². The van der Waals surface area contributed by atoms with Gasteiger partial charge in [-0.25, -0.2) is 9.97 Å². The average molecular weight is 242 g/mol. The molecule has 5 nitrogen and oxygen atoms in total. The molecule has 3 aromatic rings. The van der Waals surface area contributed by atoms with Crippen LogP contribution in [0.4, 0.5) is 5.82 Å². The van der Waals surface area contributed by atoms with E-state index < -0.39 is 0 Å². The van der Waals surface area contributed by atoms with Crippen molar-refractivity contribution in [3.8, 4) is 0 Å². The quantitative estimate of drug-likeness (QED) is 0.644. The van der Waals surface area contributed by atoms with E-state index in [4.69, 9.17) is 5.73 Å². The first-order valence-corrected chi connectivity index (χ1v) is 5.88. The normalized spacial score (nSPS) is 13.8. The van der Waals surface area contributed by atoms with Crippen molar-refractivity contribution < 1.29 is 5.48 Å². The third kappa shape index (κ3) is 1.25. The van der Waals surface area contributed by atoms with Gasteiger partial charge in [0.05, 0.1) is 11.0 Å². The molecule has 0 unspecified atom stereocenters. The summed E-state index contributed by atoms with van der Waals surface area (Å²) in [5, 5.41) is 1.15. The number of aryl methyl sites for hydroxylation is 2. The van der Waals surface area contributed by atoms with Crippen molar-refractivity contribution in [2.75, 3.05) is 5.73 Å². The zero-order valence-corrected chi connectivity index (χ0v) is 9.85. The maximum Gasteiger partial charge on any atom is 0.152 e. The van der Waals surface area contributed by atoms with E-state index in [9.17, 15) is 0 Å². The number of hydrogen-bond donors (Lipinski definition) is 1. The minimum Gasteiger partial charge on any atom is -0.412 e. The highest BCUT2D eigenvalue weighted by atomic mass is 16.0. The molecule has 18 heavy (non-hydrogen) atoms. The van der Waals surface area contributed by atoms with Crippen molar-refractivity contribution in [2.45, 2.75) is 19.4 Å².